The van der Waals surface area contributed by atoms with Crippen LogP contribution in [-0.4, -0.2) is 18.2 Å². The van der Waals surface area contributed by atoms with Gasteiger partial charge in [-0.1, -0.05) is 6.92 Å². The van der Waals surface area contributed by atoms with Crippen LogP contribution in [0.5, 0.6) is 0 Å². The molecular weight excluding hydrogens is 218 g/mol. The lowest BCUT2D eigenvalue weighted by Crippen LogP contribution is -1.97. The van der Waals surface area contributed by atoms with E-state index in [2.05, 4.69) is 11.9 Å². The van der Waals surface area contributed by atoms with Crippen molar-refractivity contribution in [2.75, 3.05) is 13.2 Å². The fourth-order valence-corrected chi connectivity index (χ4v) is 2.17. The molecule has 0 saturated heterocycles. The van der Waals surface area contributed by atoms with Crippen LogP contribution < -0.4 is 0 Å². The number of alkyl halides is 1. The Labute approximate surface area is 94.3 Å². The number of halogens is 1. The van der Waals surface area contributed by atoms with Gasteiger partial charge in [-0.25, -0.2) is 4.98 Å². The van der Waals surface area contributed by atoms with Crippen molar-refractivity contribution in [2.45, 2.75) is 32.1 Å². The quantitative estimate of drug-likeness (QED) is 0.533. The second-order valence-electron chi connectivity index (χ2n) is 3.08. The standard InChI is InChI=1S/C10H16ClNOS/c1-2-5-13-6-3-4-10-12-9(7-11)8-14-10/h8H,2-7H2,1H3. The molecule has 0 radical (unpaired) electrons. The molecule has 0 spiro atoms. The third-order valence-electron chi connectivity index (χ3n) is 1.76. The molecule has 0 atom stereocenters. The first-order valence-electron chi connectivity index (χ1n) is 4.93. The van der Waals surface area contributed by atoms with Crippen LogP contribution in [0.3, 0.4) is 0 Å². The van der Waals surface area contributed by atoms with Crippen LogP contribution in [0.25, 0.3) is 0 Å². The zero-order chi connectivity index (χ0) is 10.2. The fraction of sp³-hybridized carbons (Fsp3) is 0.700. The van der Waals surface area contributed by atoms with Gasteiger partial charge in [0, 0.05) is 25.0 Å². The van der Waals surface area contributed by atoms with Gasteiger partial charge < -0.3 is 4.74 Å². The summed E-state index contributed by atoms with van der Waals surface area (Å²) < 4.78 is 5.39. The summed E-state index contributed by atoms with van der Waals surface area (Å²) in [5.41, 5.74) is 0.987. The van der Waals surface area contributed by atoms with Gasteiger partial charge >= 0.3 is 0 Å². The van der Waals surface area contributed by atoms with E-state index in [0.717, 1.165) is 38.2 Å². The van der Waals surface area contributed by atoms with Gasteiger partial charge in [-0.15, -0.1) is 22.9 Å². The molecule has 1 heterocycles. The minimum atomic E-state index is 0.517. The summed E-state index contributed by atoms with van der Waals surface area (Å²) in [4.78, 5) is 4.38. The number of rotatable bonds is 7. The van der Waals surface area contributed by atoms with Crippen molar-refractivity contribution in [1.82, 2.24) is 4.98 Å². The van der Waals surface area contributed by atoms with Crippen LogP contribution in [-0.2, 0) is 17.0 Å². The molecule has 14 heavy (non-hydrogen) atoms. The first kappa shape index (κ1) is 12.0. The molecule has 0 saturated carbocycles. The predicted molar refractivity (Wildman–Crippen MR) is 61.1 cm³/mol. The maximum Gasteiger partial charge on any atom is 0.0929 e. The Hall–Kier alpha value is -0.120. The van der Waals surface area contributed by atoms with Gasteiger partial charge in [0.15, 0.2) is 0 Å². The molecule has 4 heteroatoms. The Morgan fingerprint density at radius 3 is 3.00 bits per heavy atom. The highest BCUT2D eigenvalue weighted by molar-refractivity contribution is 7.09. The van der Waals surface area contributed by atoms with Crippen molar-refractivity contribution in [3.8, 4) is 0 Å². The molecule has 0 amide bonds. The molecule has 0 aliphatic rings. The highest BCUT2D eigenvalue weighted by atomic mass is 35.5. The summed E-state index contributed by atoms with van der Waals surface area (Å²) in [5.74, 6) is 0.517. The number of nitrogens with zero attached hydrogens (tertiary/aromatic N) is 1. The highest BCUT2D eigenvalue weighted by Gasteiger charge is 2.00. The van der Waals surface area contributed by atoms with Crippen LogP contribution in [0.2, 0.25) is 0 Å². The molecule has 1 aromatic heterocycles. The molecule has 0 aliphatic carbocycles. The first-order chi connectivity index (χ1) is 6.86. The Morgan fingerprint density at radius 1 is 1.50 bits per heavy atom. The van der Waals surface area contributed by atoms with Gasteiger partial charge in [0.1, 0.15) is 0 Å². The van der Waals surface area contributed by atoms with Crippen molar-refractivity contribution < 1.29 is 4.74 Å². The number of hydrogen-bond donors (Lipinski definition) is 0. The summed E-state index contributed by atoms with van der Waals surface area (Å²) >= 11 is 7.35. The van der Waals surface area contributed by atoms with Crippen LogP contribution in [0.15, 0.2) is 5.38 Å². The SMILES string of the molecule is CCCOCCCc1nc(CCl)cs1. The predicted octanol–water partition coefficient (Wildman–Crippen LogP) is 3.24. The molecule has 0 aliphatic heterocycles. The van der Waals surface area contributed by atoms with Crippen LogP contribution in [0.1, 0.15) is 30.5 Å². The highest BCUT2D eigenvalue weighted by Crippen LogP contribution is 2.13. The van der Waals surface area contributed by atoms with Crippen LogP contribution in [0.4, 0.5) is 0 Å². The number of hydrogen-bond acceptors (Lipinski definition) is 3. The van der Waals surface area contributed by atoms with E-state index in [1.165, 1.54) is 5.01 Å². The maximum atomic E-state index is 5.66. The lowest BCUT2D eigenvalue weighted by molar-refractivity contribution is 0.132. The van der Waals surface area contributed by atoms with E-state index in [4.69, 9.17) is 16.3 Å². The van der Waals surface area contributed by atoms with Crippen LogP contribution in [0, 0.1) is 0 Å². The van der Waals surface area contributed by atoms with Crippen molar-refractivity contribution >= 4 is 22.9 Å². The van der Waals surface area contributed by atoms with E-state index in [0.29, 0.717) is 5.88 Å². The third kappa shape index (κ3) is 4.40. The van der Waals surface area contributed by atoms with Gasteiger partial charge in [0.2, 0.25) is 0 Å². The van der Waals surface area contributed by atoms with E-state index >= 15 is 0 Å². The van der Waals surface area contributed by atoms with Crippen molar-refractivity contribution in [3.63, 3.8) is 0 Å². The molecule has 1 rings (SSSR count). The summed E-state index contributed by atoms with van der Waals surface area (Å²) in [6, 6.07) is 0. The zero-order valence-electron chi connectivity index (χ0n) is 8.46. The lowest BCUT2D eigenvalue weighted by Gasteiger charge is -1.99. The molecule has 80 valence electrons. The van der Waals surface area contributed by atoms with Gasteiger partial charge in [0.25, 0.3) is 0 Å². The number of aryl methyl sites for hydroxylation is 1. The molecule has 0 aromatic carbocycles. The molecule has 0 N–H and O–H groups in total. The Balaban J connectivity index is 2.12. The van der Waals surface area contributed by atoms with E-state index in [1.54, 1.807) is 11.3 Å². The summed E-state index contributed by atoms with van der Waals surface area (Å²) in [7, 11) is 0. The number of thiazole rings is 1. The van der Waals surface area contributed by atoms with Crippen molar-refractivity contribution in [1.29, 1.82) is 0 Å². The van der Waals surface area contributed by atoms with Crippen LogP contribution >= 0.6 is 22.9 Å². The third-order valence-corrected chi connectivity index (χ3v) is 3.00. The van der Waals surface area contributed by atoms with Crippen molar-refractivity contribution in [3.05, 3.63) is 16.1 Å². The van der Waals surface area contributed by atoms with E-state index in [9.17, 15) is 0 Å². The number of aromatic nitrogens is 1. The topological polar surface area (TPSA) is 22.1 Å². The summed E-state index contributed by atoms with van der Waals surface area (Å²) in [6.45, 7) is 3.82. The first-order valence-corrected chi connectivity index (χ1v) is 6.35. The van der Waals surface area contributed by atoms with Gasteiger partial charge in [-0.3, -0.25) is 0 Å². The smallest absolute Gasteiger partial charge is 0.0929 e. The lowest BCUT2D eigenvalue weighted by atomic mass is 10.3. The normalized spacial score (nSPS) is 10.7. The van der Waals surface area contributed by atoms with E-state index in [-0.39, 0.29) is 0 Å². The Bertz CT molecular complexity index is 252. The average Bonchev–Trinajstić information content (AvgIpc) is 2.65. The summed E-state index contributed by atoms with van der Waals surface area (Å²) in [6.07, 6.45) is 3.15. The summed E-state index contributed by atoms with van der Waals surface area (Å²) in [5, 5.41) is 3.19. The molecule has 0 fully saturated rings. The van der Waals surface area contributed by atoms with Gasteiger partial charge in [-0.05, 0) is 12.8 Å². The van der Waals surface area contributed by atoms with Crippen molar-refractivity contribution in [2.24, 2.45) is 0 Å². The molecule has 1 aromatic rings. The second kappa shape index (κ2) is 7.21. The molecule has 2 nitrogen and oxygen atoms in total. The zero-order valence-corrected chi connectivity index (χ0v) is 10.0. The fourth-order valence-electron chi connectivity index (χ4n) is 1.10. The monoisotopic (exact) mass is 233 g/mol. The molecular formula is C10H16ClNOS. The molecule has 0 unspecified atom stereocenters. The maximum absolute atomic E-state index is 5.66. The van der Waals surface area contributed by atoms with E-state index in [1.807, 2.05) is 5.38 Å². The van der Waals surface area contributed by atoms with E-state index < -0.39 is 0 Å². The van der Waals surface area contributed by atoms with Gasteiger partial charge in [-0.2, -0.15) is 0 Å². The van der Waals surface area contributed by atoms with Gasteiger partial charge in [0.05, 0.1) is 16.6 Å². The minimum absolute atomic E-state index is 0.517. The Kier molecular flexibility index (Phi) is 6.15. The number of ether oxygens (including phenoxy) is 1. The average molecular weight is 234 g/mol. The largest absolute Gasteiger partial charge is 0.381 e. The minimum Gasteiger partial charge on any atom is -0.381 e. The Morgan fingerprint density at radius 2 is 2.36 bits per heavy atom. The molecule has 0 bridgehead atoms. The second-order valence-corrected chi connectivity index (χ2v) is 4.29.